The molecule has 1 aliphatic carbocycles. The predicted molar refractivity (Wildman–Crippen MR) is 113 cm³/mol. The minimum Gasteiger partial charge on any atom is -0.325 e. The first-order valence-electron chi connectivity index (χ1n) is 10.0. The maximum atomic E-state index is 13.3. The second-order valence-corrected chi connectivity index (χ2v) is 7.63. The number of rotatable bonds is 5. The van der Waals surface area contributed by atoms with E-state index in [9.17, 15) is 19.7 Å². The number of amides is 1. The van der Waals surface area contributed by atoms with E-state index >= 15 is 0 Å². The van der Waals surface area contributed by atoms with Gasteiger partial charge in [0.25, 0.3) is 11.2 Å². The van der Waals surface area contributed by atoms with Gasteiger partial charge in [0.15, 0.2) is 0 Å². The lowest BCUT2D eigenvalue weighted by atomic mass is 9.97. The summed E-state index contributed by atoms with van der Waals surface area (Å²) in [7, 11) is 0. The highest BCUT2D eigenvalue weighted by Crippen LogP contribution is 2.19. The number of carbonyl (C=O) groups excluding carboxylic acids is 1. The molecule has 2 aromatic heterocycles. The number of benzene rings is 1. The molecule has 3 aromatic rings. The molecule has 2 heterocycles. The van der Waals surface area contributed by atoms with Gasteiger partial charge in [0, 0.05) is 29.1 Å². The first-order valence-corrected chi connectivity index (χ1v) is 10.0. The topological polar surface area (TPSA) is 125 Å². The van der Waals surface area contributed by atoms with Crippen molar-refractivity contribution in [3.05, 3.63) is 73.4 Å². The lowest BCUT2D eigenvalue weighted by molar-refractivity contribution is -0.384. The van der Waals surface area contributed by atoms with Crippen molar-refractivity contribution < 1.29 is 9.72 Å². The molecule has 1 aliphatic rings. The average Bonchev–Trinajstić information content (AvgIpc) is 3.08. The minimum absolute atomic E-state index is 0.0695. The van der Waals surface area contributed by atoms with Gasteiger partial charge in [-0.15, -0.1) is 0 Å². The van der Waals surface area contributed by atoms with Gasteiger partial charge in [-0.25, -0.2) is 9.67 Å². The number of nitro groups is 1. The van der Waals surface area contributed by atoms with E-state index in [0.717, 1.165) is 36.3 Å². The first kappa shape index (κ1) is 20.5. The lowest BCUT2D eigenvalue weighted by Crippen LogP contribution is -2.35. The van der Waals surface area contributed by atoms with Crippen molar-refractivity contribution in [2.75, 3.05) is 5.32 Å². The van der Waals surface area contributed by atoms with Crippen LogP contribution in [-0.2, 0) is 24.2 Å². The maximum Gasteiger partial charge on any atom is 0.269 e. The highest BCUT2D eigenvalue weighted by atomic mass is 16.6. The van der Waals surface area contributed by atoms with Crippen LogP contribution in [0.3, 0.4) is 0 Å². The van der Waals surface area contributed by atoms with Crippen molar-refractivity contribution in [2.45, 2.75) is 46.1 Å². The van der Waals surface area contributed by atoms with E-state index < -0.39 is 10.8 Å². The summed E-state index contributed by atoms with van der Waals surface area (Å²) < 4.78 is 2.94. The number of hydrogen-bond acceptors (Lipinski definition) is 6. The molecule has 1 amide bonds. The van der Waals surface area contributed by atoms with Gasteiger partial charge in [-0.3, -0.25) is 24.3 Å². The van der Waals surface area contributed by atoms with Crippen molar-refractivity contribution >= 4 is 17.3 Å². The summed E-state index contributed by atoms with van der Waals surface area (Å²) in [5, 5.41) is 17.9. The molecule has 0 fully saturated rings. The Hall–Kier alpha value is -3.82. The quantitative estimate of drug-likeness (QED) is 0.497. The number of hydrogen-bond donors (Lipinski definition) is 1. The molecule has 0 aliphatic heterocycles. The van der Waals surface area contributed by atoms with Gasteiger partial charge < -0.3 is 5.32 Å². The van der Waals surface area contributed by atoms with Crippen molar-refractivity contribution in [1.29, 1.82) is 0 Å². The molecule has 0 spiro atoms. The molecular formula is C21H22N6O4. The highest BCUT2D eigenvalue weighted by Gasteiger charge is 2.23. The summed E-state index contributed by atoms with van der Waals surface area (Å²) in [4.78, 5) is 41.0. The first-order chi connectivity index (χ1) is 14.8. The summed E-state index contributed by atoms with van der Waals surface area (Å²) in [6.07, 6.45) is 3.26. The third kappa shape index (κ3) is 4.09. The monoisotopic (exact) mass is 422 g/mol. The van der Waals surface area contributed by atoms with Gasteiger partial charge >= 0.3 is 0 Å². The van der Waals surface area contributed by atoms with Crippen LogP contribution in [-0.4, -0.2) is 30.2 Å². The van der Waals surface area contributed by atoms with Crippen LogP contribution in [0, 0.1) is 24.0 Å². The molecule has 160 valence electrons. The lowest BCUT2D eigenvalue weighted by Gasteiger charge is -2.20. The van der Waals surface area contributed by atoms with E-state index in [1.165, 1.54) is 28.8 Å². The number of anilines is 1. The molecule has 0 saturated heterocycles. The predicted octanol–water partition coefficient (Wildman–Crippen LogP) is 2.47. The highest BCUT2D eigenvalue weighted by molar-refractivity contribution is 5.90. The number of non-ortho nitro benzene ring substituents is 1. The molecule has 4 rings (SSSR count). The molecule has 0 bridgehead atoms. The standard InChI is InChI=1S/C21H22N6O4/c1-13-11-14(2)26(24-13)21-23-18-6-4-3-5-17(18)20(29)25(21)12-19(28)22-15-7-9-16(10-8-15)27(30)31/h7-11H,3-6,12H2,1-2H3,(H,22,28). The molecule has 0 unspecified atom stereocenters. The van der Waals surface area contributed by atoms with Gasteiger partial charge in [-0.1, -0.05) is 0 Å². The van der Waals surface area contributed by atoms with Crippen molar-refractivity contribution in [2.24, 2.45) is 0 Å². The van der Waals surface area contributed by atoms with E-state index in [-0.39, 0.29) is 17.8 Å². The van der Waals surface area contributed by atoms with Crippen LogP contribution in [0.25, 0.3) is 5.95 Å². The molecule has 10 heteroatoms. The summed E-state index contributed by atoms with van der Waals surface area (Å²) in [5.74, 6) is -0.119. The Bertz CT molecular complexity index is 1230. The van der Waals surface area contributed by atoms with Crippen LogP contribution in [0.1, 0.15) is 35.5 Å². The van der Waals surface area contributed by atoms with Gasteiger partial charge in [-0.2, -0.15) is 5.10 Å². The van der Waals surface area contributed by atoms with Crippen molar-refractivity contribution in [3.63, 3.8) is 0 Å². The normalized spacial score (nSPS) is 13.0. The molecule has 1 aromatic carbocycles. The number of aryl methyl sites for hydroxylation is 3. The summed E-state index contributed by atoms with van der Waals surface area (Å²) in [6, 6.07) is 7.40. The average molecular weight is 422 g/mol. The van der Waals surface area contributed by atoms with Crippen LogP contribution >= 0.6 is 0 Å². The SMILES string of the molecule is Cc1cc(C)n(-c2nc3c(c(=O)n2CC(=O)Nc2ccc([N+](=O)[O-])cc2)CCCC3)n1. The zero-order chi connectivity index (χ0) is 22.1. The second kappa shape index (κ2) is 8.13. The van der Waals surface area contributed by atoms with Gasteiger partial charge in [0.2, 0.25) is 11.9 Å². The van der Waals surface area contributed by atoms with Gasteiger partial charge in [0.05, 0.1) is 16.3 Å². The number of nitrogens with one attached hydrogen (secondary N) is 1. The maximum absolute atomic E-state index is 13.3. The Morgan fingerprint density at radius 3 is 2.55 bits per heavy atom. The fourth-order valence-corrected chi connectivity index (χ4v) is 3.82. The van der Waals surface area contributed by atoms with Crippen LogP contribution in [0.2, 0.25) is 0 Å². The third-order valence-electron chi connectivity index (χ3n) is 5.28. The second-order valence-electron chi connectivity index (χ2n) is 7.63. The van der Waals surface area contributed by atoms with Gasteiger partial charge in [0.1, 0.15) is 6.54 Å². The van der Waals surface area contributed by atoms with Gasteiger partial charge in [-0.05, 0) is 57.7 Å². The van der Waals surface area contributed by atoms with Crippen LogP contribution in [0.4, 0.5) is 11.4 Å². The van der Waals surface area contributed by atoms with E-state index in [4.69, 9.17) is 4.98 Å². The number of fused-ring (bicyclic) bond motifs is 1. The molecular weight excluding hydrogens is 400 g/mol. The Balaban J connectivity index is 1.69. The van der Waals surface area contributed by atoms with Crippen molar-refractivity contribution in [1.82, 2.24) is 19.3 Å². The zero-order valence-corrected chi connectivity index (χ0v) is 17.3. The summed E-state index contributed by atoms with van der Waals surface area (Å²) in [6.45, 7) is 3.47. The fourth-order valence-electron chi connectivity index (χ4n) is 3.82. The number of nitrogens with zero attached hydrogens (tertiary/aromatic N) is 5. The summed E-state index contributed by atoms with van der Waals surface area (Å²) >= 11 is 0. The van der Waals surface area contributed by atoms with Crippen LogP contribution in [0.5, 0.6) is 0 Å². The van der Waals surface area contributed by atoms with E-state index in [1.54, 1.807) is 4.68 Å². The number of carbonyl (C=O) groups is 1. The molecule has 0 saturated carbocycles. The molecule has 0 radical (unpaired) electrons. The molecule has 0 atom stereocenters. The Morgan fingerprint density at radius 1 is 1.19 bits per heavy atom. The van der Waals surface area contributed by atoms with E-state index in [1.807, 2.05) is 19.9 Å². The Labute approximate surface area is 177 Å². The minimum atomic E-state index is -0.509. The van der Waals surface area contributed by atoms with Crippen LogP contribution < -0.4 is 10.9 Å². The van der Waals surface area contributed by atoms with Crippen LogP contribution in [0.15, 0.2) is 35.1 Å². The zero-order valence-electron chi connectivity index (χ0n) is 17.3. The number of aromatic nitrogens is 4. The Morgan fingerprint density at radius 2 is 1.90 bits per heavy atom. The molecule has 10 nitrogen and oxygen atoms in total. The third-order valence-corrected chi connectivity index (χ3v) is 5.28. The number of nitro benzene ring substituents is 1. The van der Waals surface area contributed by atoms with Crippen molar-refractivity contribution in [3.8, 4) is 5.95 Å². The van der Waals surface area contributed by atoms with E-state index in [0.29, 0.717) is 23.6 Å². The molecule has 1 N–H and O–H groups in total. The van der Waals surface area contributed by atoms with E-state index in [2.05, 4.69) is 10.4 Å². The fraction of sp³-hybridized carbons (Fsp3) is 0.333. The summed E-state index contributed by atoms with van der Waals surface area (Å²) in [5.41, 5.74) is 3.12. The largest absolute Gasteiger partial charge is 0.325 e. The molecule has 31 heavy (non-hydrogen) atoms. The smallest absolute Gasteiger partial charge is 0.269 e. The Kier molecular flexibility index (Phi) is 5.37.